The zero-order valence-electron chi connectivity index (χ0n) is 10.7. The summed E-state index contributed by atoms with van der Waals surface area (Å²) in [4.78, 5) is 17.6. The molecule has 0 spiro atoms. The van der Waals surface area contributed by atoms with Gasteiger partial charge >= 0.3 is 5.97 Å². The number of carbonyl (C=O) groups is 1. The lowest BCUT2D eigenvalue weighted by Crippen LogP contribution is -2.37. The molecule has 0 amide bonds. The maximum Gasteiger partial charge on any atom is 0.319 e. The zero-order chi connectivity index (χ0) is 12.7. The van der Waals surface area contributed by atoms with Crippen LogP contribution in [0, 0.1) is 0 Å². The van der Waals surface area contributed by atoms with Gasteiger partial charge in [-0.05, 0) is 26.0 Å². The van der Waals surface area contributed by atoms with Crippen LogP contribution >= 0.6 is 0 Å². The van der Waals surface area contributed by atoms with E-state index in [1.807, 2.05) is 18.2 Å². The first-order valence-corrected chi connectivity index (χ1v) is 5.84. The van der Waals surface area contributed by atoms with E-state index >= 15 is 0 Å². The van der Waals surface area contributed by atoms with E-state index in [0.717, 1.165) is 18.7 Å². The number of esters is 1. The molecule has 0 aliphatic heterocycles. The zero-order valence-corrected chi connectivity index (χ0v) is 10.7. The number of nitrogens with zero attached hydrogens (tertiary/aromatic N) is 2. The first-order valence-electron chi connectivity index (χ1n) is 5.84. The molecule has 0 saturated carbocycles. The van der Waals surface area contributed by atoms with Gasteiger partial charge in [0, 0.05) is 30.9 Å². The van der Waals surface area contributed by atoms with Crippen molar-refractivity contribution in [2.75, 3.05) is 20.2 Å². The lowest BCUT2D eigenvalue weighted by molar-refractivity contribution is -0.142. The van der Waals surface area contributed by atoms with E-state index in [1.165, 1.54) is 7.11 Å². The molecule has 1 heterocycles. The Morgan fingerprint density at radius 1 is 1.47 bits per heavy atom. The van der Waals surface area contributed by atoms with E-state index in [1.54, 1.807) is 6.20 Å². The minimum Gasteiger partial charge on any atom is -0.468 e. The Morgan fingerprint density at radius 2 is 2.24 bits per heavy atom. The number of ether oxygens (including phenoxy) is 1. The maximum absolute atomic E-state index is 11.3. The predicted octanol–water partition coefficient (Wildman–Crippen LogP) is 1.51. The van der Waals surface area contributed by atoms with Crippen LogP contribution in [-0.2, 0) is 16.0 Å². The molecule has 0 aliphatic rings. The van der Waals surface area contributed by atoms with Crippen LogP contribution in [0.2, 0.25) is 0 Å². The van der Waals surface area contributed by atoms with E-state index in [4.69, 9.17) is 0 Å². The van der Waals surface area contributed by atoms with Crippen molar-refractivity contribution in [2.24, 2.45) is 0 Å². The fraction of sp³-hybridized carbons (Fsp3) is 0.538. The number of methoxy groups -OCH3 is 1. The Morgan fingerprint density at radius 3 is 2.76 bits per heavy atom. The van der Waals surface area contributed by atoms with Gasteiger partial charge in [0.25, 0.3) is 0 Å². The molecular formula is C13H20N2O2. The summed E-state index contributed by atoms with van der Waals surface area (Å²) >= 11 is 0. The molecule has 94 valence electrons. The Bertz CT molecular complexity index is 339. The van der Waals surface area contributed by atoms with E-state index in [0.29, 0.717) is 12.6 Å². The van der Waals surface area contributed by atoms with E-state index in [-0.39, 0.29) is 5.97 Å². The van der Waals surface area contributed by atoms with Crippen LogP contribution < -0.4 is 0 Å². The number of rotatable bonds is 6. The summed E-state index contributed by atoms with van der Waals surface area (Å²) in [5.41, 5.74) is 1.04. The minimum absolute atomic E-state index is 0.195. The second-order valence-corrected chi connectivity index (χ2v) is 4.21. The van der Waals surface area contributed by atoms with Crippen LogP contribution in [-0.4, -0.2) is 42.1 Å². The fourth-order valence-electron chi connectivity index (χ4n) is 1.55. The summed E-state index contributed by atoms with van der Waals surface area (Å²) in [5, 5.41) is 0. The van der Waals surface area contributed by atoms with Gasteiger partial charge in [-0.1, -0.05) is 6.07 Å². The Labute approximate surface area is 103 Å². The molecule has 0 atom stereocenters. The molecule has 0 bridgehead atoms. The van der Waals surface area contributed by atoms with Crippen molar-refractivity contribution in [2.45, 2.75) is 26.3 Å². The van der Waals surface area contributed by atoms with Gasteiger partial charge < -0.3 is 4.74 Å². The second-order valence-electron chi connectivity index (χ2n) is 4.21. The van der Waals surface area contributed by atoms with Crippen LogP contribution in [0.25, 0.3) is 0 Å². The van der Waals surface area contributed by atoms with Crippen molar-refractivity contribution in [1.29, 1.82) is 0 Å². The fourth-order valence-corrected chi connectivity index (χ4v) is 1.55. The molecule has 0 aliphatic carbocycles. The molecular weight excluding hydrogens is 216 g/mol. The van der Waals surface area contributed by atoms with Crippen LogP contribution in [0.1, 0.15) is 19.5 Å². The van der Waals surface area contributed by atoms with Crippen LogP contribution in [0.3, 0.4) is 0 Å². The van der Waals surface area contributed by atoms with Gasteiger partial charge in [-0.2, -0.15) is 0 Å². The first kappa shape index (κ1) is 13.6. The van der Waals surface area contributed by atoms with Gasteiger partial charge in [0.2, 0.25) is 0 Å². The van der Waals surface area contributed by atoms with Crippen LogP contribution in [0.15, 0.2) is 24.4 Å². The number of aromatic nitrogens is 1. The number of carbonyl (C=O) groups excluding carboxylic acids is 1. The summed E-state index contributed by atoms with van der Waals surface area (Å²) in [6, 6.07) is 6.19. The van der Waals surface area contributed by atoms with Crippen molar-refractivity contribution in [3.63, 3.8) is 0 Å². The van der Waals surface area contributed by atoms with E-state index in [9.17, 15) is 4.79 Å². The van der Waals surface area contributed by atoms with Crippen molar-refractivity contribution < 1.29 is 9.53 Å². The quantitative estimate of drug-likeness (QED) is 0.702. The molecule has 0 unspecified atom stereocenters. The molecule has 0 aromatic carbocycles. The average Bonchev–Trinajstić information content (AvgIpc) is 2.35. The molecule has 1 aromatic heterocycles. The van der Waals surface area contributed by atoms with Crippen LogP contribution in [0.5, 0.6) is 0 Å². The summed E-state index contributed by atoms with van der Waals surface area (Å²) in [5.74, 6) is -0.195. The molecule has 17 heavy (non-hydrogen) atoms. The molecule has 0 saturated heterocycles. The first-order chi connectivity index (χ1) is 8.13. The maximum atomic E-state index is 11.3. The standard InChI is InChI=1S/C13H20N2O2/c1-11(2)15(10-13(16)17-3)9-7-12-6-4-5-8-14-12/h4-6,8,11H,7,9-10H2,1-3H3. The molecule has 0 N–H and O–H groups in total. The van der Waals surface area contributed by atoms with Gasteiger partial charge in [0.05, 0.1) is 13.7 Å². The highest BCUT2D eigenvalue weighted by atomic mass is 16.5. The molecule has 1 rings (SSSR count). The highest BCUT2D eigenvalue weighted by Crippen LogP contribution is 2.02. The summed E-state index contributed by atoms with van der Waals surface area (Å²) in [6.45, 7) is 5.29. The Hall–Kier alpha value is -1.42. The lowest BCUT2D eigenvalue weighted by Gasteiger charge is -2.24. The third-order valence-corrected chi connectivity index (χ3v) is 2.67. The summed E-state index contributed by atoms with van der Waals surface area (Å²) in [7, 11) is 1.42. The second kappa shape index (κ2) is 7.01. The third kappa shape index (κ3) is 4.95. The number of pyridine rings is 1. The Balaban J connectivity index is 2.47. The highest BCUT2D eigenvalue weighted by Gasteiger charge is 2.14. The van der Waals surface area contributed by atoms with Gasteiger partial charge in [0.15, 0.2) is 0 Å². The smallest absolute Gasteiger partial charge is 0.319 e. The Kier molecular flexibility index (Phi) is 5.63. The van der Waals surface area contributed by atoms with Crippen LogP contribution in [0.4, 0.5) is 0 Å². The van der Waals surface area contributed by atoms with Crippen molar-refractivity contribution in [3.8, 4) is 0 Å². The number of hydrogen-bond acceptors (Lipinski definition) is 4. The van der Waals surface area contributed by atoms with Crippen molar-refractivity contribution >= 4 is 5.97 Å². The summed E-state index contributed by atoms with van der Waals surface area (Å²) in [6.07, 6.45) is 2.63. The SMILES string of the molecule is COC(=O)CN(CCc1ccccn1)C(C)C. The van der Waals surface area contributed by atoms with Gasteiger partial charge in [0.1, 0.15) is 0 Å². The topological polar surface area (TPSA) is 42.4 Å². The third-order valence-electron chi connectivity index (χ3n) is 2.67. The number of hydrogen-bond donors (Lipinski definition) is 0. The largest absolute Gasteiger partial charge is 0.468 e. The van der Waals surface area contributed by atoms with Gasteiger partial charge in [-0.15, -0.1) is 0 Å². The minimum atomic E-state index is -0.195. The van der Waals surface area contributed by atoms with Gasteiger partial charge in [-0.3, -0.25) is 14.7 Å². The predicted molar refractivity (Wildman–Crippen MR) is 66.7 cm³/mol. The van der Waals surface area contributed by atoms with Crippen molar-refractivity contribution in [3.05, 3.63) is 30.1 Å². The molecule has 1 aromatic rings. The average molecular weight is 236 g/mol. The highest BCUT2D eigenvalue weighted by molar-refractivity contribution is 5.71. The molecule has 0 fully saturated rings. The molecule has 4 heteroatoms. The lowest BCUT2D eigenvalue weighted by atomic mass is 10.2. The molecule has 4 nitrogen and oxygen atoms in total. The monoisotopic (exact) mass is 236 g/mol. The molecule has 0 radical (unpaired) electrons. The van der Waals surface area contributed by atoms with E-state index < -0.39 is 0 Å². The van der Waals surface area contributed by atoms with E-state index in [2.05, 4.69) is 28.5 Å². The van der Waals surface area contributed by atoms with Crippen molar-refractivity contribution in [1.82, 2.24) is 9.88 Å². The summed E-state index contributed by atoms with van der Waals surface area (Å²) < 4.78 is 4.69. The normalized spacial score (nSPS) is 10.9. The van der Waals surface area contributed by atoms with Gasteiger partial charge in [-0.25, -0.2) is 0 Å².